The smallest absolute Gasteiger partial charge is 0.227 e. The molecule has 0 unspecified atom stereocenters. The van der Waals surface area contributed by atoms with E-state index in [0.717, 1.165) is 28.5 Å². The molecule has 1 aromatic heterocycles. The summed E-state index contributed by atoms with van der Waals surface area (Å²) in [6.07, 6.45) is 3.49. The van der Waals surface area contributed by atoms with Gasteiger partial charge in [-0.1, -0.05) is 31.4 Å². The van der Waals surface area contributed by atoms with E-state index in [-0.39, 0.29) is 6.61 Å². The minimum atomic E-state index is 0.190. The highest BCUT2D eigenvalue weighted by Crippen LogP contribution is 2.24. The van der Waals surface area contributed by atoms with Crippen LogP contribution >= 0.6 is 11.8 Å². The Kier molecular flexibility index (Phi) is 8.10. The lowest BCUT2D eigenvalue weighted by Gasteiger charge is -2.12. The molecular weight excluding hydrogens is 358 g/mol. The molecule has 1 heterocycles. The molecule has 0 saturated heterocycles. The first-order valence-corrected chi connectivity index (χ1v) is 9.69. The third-order valence-electron chi connectivity index (χ3n) is 3.65. The van der Waals surface area contributed by atoms with Crippen molar-refractivity contribution >= 4 is 29.0 Å². The Hall–Kier alpha value is -2.57. The van der Waals surface area contributed by atoms with Gasteiger partial charge < -0.3 is 15.2 Å². The molecule has 0 aliphatic carbocycles. The number of aliphatic hydroxyl groups excluding tert-OH is 1. The second kappa shape index (κ2) is 10.5. The number of hydrogen-bond donors (Lipinski definition) is 2. The third kappa shape index (κ3) is 6.27. The lowest BCUT2D eigenvalue weighted by molar-refractivity contribution is 0.312. The molecule has 0 spiro atoms. The Balaban J connectivity index is 2.26. The average Bonchev–Trinajstić information content (AvgIpc) is 2.65. The zero-order valence-electron chi connectivity index (χ0n) is 15.7. The third-order valence-corrected chi connectivity index (χ3v) is 4.66. The van der Waals surface area contributed by atoms with Gasteiger partial charge in [-0.05, 0) is 36.8 Å². The number of aliphatic hydroxyl groups is 1. The number of benzene rings is 1. The molecular formula is C21H25N3O2S. The Labute approximate surface area is 164 Å². The van der Waals surface area contributed by atoms with Crippen LogP contribution in [-0.2, 0) is 10.5 Å². The maximum Gasteiger partial charge on any atom is 0.227 e. The van der Waals surface area contributed by atoms with Crippen molar-refractivity contribution in [3.8, 4) is 0 Å². The fraction of sp³-hybridized carbons (Fsp3) is 0.238. The topological polar surface area (TPSA) is 67.3 Å². The number of thioether (sulfide) groups is 1. The molecule has 5 nitrogen and oxygen atoms in total. The number of anilines is 2. The number of aromatic nitrogens is 2. The molecule has 0 atom stereocenters. The van der Waals surface area contributed by atoms with Crippen molar-refractivity contribution in [1.82, 2.24) is 9.97 Å². The SMILES string of the molecule is C=C/C=C(\C(=C)OC)c1cc(C)nc(Nc2cccc(CSCCO)c2)n1. The number of rotatable bonds is 10. The summed E-state index contributed by atoms with van der Waals surface area (Å²) in [7, 11) is 1.58. The van der Waals surface area contributed by atoms with Gasteiger partial charge >= 0.3 is 0 Å². The fourth-order valence-corrected chi connectivity index (χ4v) is 3.12. The molecule has 2 N–H and O–H groups in total. The molecule has 0 aliphatic rings. The Morgan fingerprint density at radius 3 is 2.85 bits per heavy atom. The molecule has 0 fully saturated rings. The van der Waals surface area contributed by atoms with Gasteiger partial charge in [0, 0.05) is 28.5 Å². The van der Waals surface area contributed by atoms with Crippen molar-refractivity contribution in [2.45, 2.75) is 12.7 Å². The number of hydrogen-bond acceptors (Lipinski definition) is 6. The van der Waals surface area contributed by atoms with E-state index >= 15 is 0 Å². The van der Waals surface area contributed by atoms with E-state index in [1.54, 1.807) is 24.9 Å². The van der Waals surface area contributed by atoms with Gasteiger partial charge in [-0.3, -0.25) is 0 Å². The molecule has 142 valence electrons. The van der Waals surface area contributed by atoms with E-state index in [1.165, 1.54) is 5.56 Å². The Morgan fingerprint density at radius 2 is 2.15 bits per heavy atom. The van der Waals surface area contributed by atoms with Gasteiger partial charge in [0.25, 0.3) is 0 Å². The van der Waals surface area contributed by atoms with Crippen LogP contribution in [0.15, 0.2) is 61.4 Å². The summed E-state index contributed by atoms with van der Waals surface area (Å²) in [6.45, 7) is 9.77. The van der Waals surface area contributed by atoms with E-state index in [2.05, 4.69) is 40.6 Å². The lowest BCUT2D eigenvalue weighted by Crippen LogP contribution is -2.03. The monoisotopic (exact) mass is 383 g/mol. The number of aryl methyl sites for hydroxylation is 1. The van der Waals surface area contributed by atoms with E-state index in [4.69, 9.17) is 9.84 Å². The van der Waals surface area contributed by atoms with E-state index < -0.39 is 0 Å². The minimum Gasteiger partial charge on any atom is -0.497 e. The minimum absolute atomic E-state index is 0.190. The van der Waals surface area contributed by atoms with E-state index in [9.17, 15) is 0 Å². The number of ether oxygens (including phenoxy) is 1. The summed E-state index contributed by atoms with van der Waals surface area (Å²) in [5, 5.41) is 12.2. The zero-order valence-corrected chi connectivity index (χ0v) is 16.6. The van der Waals surface area contributed by atoms with Crippen molar-refractivity contribution in [1.29, 1.82) is 0 Å². The van der Waals surface area contributed by atoms with Crippen molar-refractivity contribution in [2.24, 2.45) is 0 Å². The summed E-state index contributed by atoms with van der Waals surface area (Å²) in [4.78, 5) is 9.08. The predicted octanol–water partition coefficient (Wildman–Crippen LogP) is 4.48. The zero-order chi connectivity index (χ0) is 19.6. The van der Waals surface area contributed by atoms with Crippen LogP contribution in [0, 0.1) is 6.92 Å². The van der Waals surface area contributed by atoms with Crippen molar-refractivity contribution in [3.63, 3.8) is 0 Å². The highest BCUT2D eigenvalue weighted by atomic mass is 32.2. The summed E-state index contributed by atoms with van der Waals surface area (Å²) in [5.41, 5.74) is 4.39. The van der Waals surface area contributed by atoms with E-state index in [0.29, 0.717) is 17.4 Å². The molecule has 0 aliphatic heterocycles. The lowest BCUT2D eigenvalue weighted by atomic mass is 10.1. The van der Waals surface area contributed by atoms with Crippen LogP contribution in [0.3, 0.4) is 0 Å². The number of nitrogens with one attached hydrogen (secondary N) is 1. The molecule has 2 aromatic rings. The summed E-state index contributed by atoms with van der Waals surface area (Å²) in [5.74, 6) is 2.59. The molecule has 0 radical (unpaired) electrons. The maximum absolute atomic E-state index is 8.91. The van der Waals surface area contributed by atoms with Gasteiger partial charge in [-0.25, -0.2) is 9.97 Å². The molecule has 0 bridgehead atoms. The van der Waals surface area contributed by atoms with Crippen molar-refractivity contribution in [3.05, 3.63) is 78.4 Å². The highest BCUT2D eigenvalue weighted by Gasteiger charge is 2.11. The van der Waals surface area contributed by atoms with Crippen LogP contribution in [-0.4, -0.2) is 34.5 Å². The van der Waals surface area contributed by atoms with Crippen LogP contribution in [0.1, 0.15) is 17.0 Å². The first kappa shape index (κ1) is 20.7. The standard InChI is InChI=1S/C21H25N3O2S/c1-5-7-19(16(3)26-4)20-12-15(2)22-21(24-20)23-18-9-6-8-17(13-18)14-27-11-10-25/h5-9,12-13,25H,1,3,10-11,14H2,2,4H3,(H,22,23,24)/b19-7+. The number of methoxy groups -OCH3 is 1. The van der Waals surface area contributed by atoms with Gasteiger partial charge in [0.05, 0.1) is 19.4 Å². The van der Waals surface area contributed by atoms with Crippen molar-refractivity contribution < 1.29 is 9.84 Å². The Morgan fingerprint density at radius 1 is 1.33 bits per heavy atom. The van der Waals surface area contributed by atoms with Crippen molar-refractivity contribution in [2.75, 3.05) is 24.8 Å². The molecule has 6 heteroatoms. The van der Waals surface area contributed by atoms with Crippen LogP contribution in [0.4, 0.5) is 11.6 Å². The maximum atomic E-state index is 8.91. The molecule has 0 amide bonds. The van der Waals surface area contributed by atoms with Gasteiger partial charge in [-0.15, -0.1) is 0 Å². The Bertz CT molecular complexity index is 834. The largest absolute Gasteiger partial charge is 0.497 e. The van der Waals surface area contributed by atoms with Crippen LogP contribution < -0.4 is 5.32 Å². The van der Waals surface area contributed by atoms with Crippen LogP contribution in [0.2, 0.25) is 0 Å². The van der Waals surface area contributed by atoms with Gasteiger partial charge in [-0.2, -0.15) is 11.8 Å². The first-order chi connectivity index (χ1) is 13.1. The second-order valence-corrected chi connectivity index (χ2v) is 6.87. The summed E-state index contributed by atoms with van der Waals surface area (Å²) < 4.78 is 5.27. The van der Waals surface area contributed by atoms with E-state index in [1.807, 2.05) is 31.2 Å². The van der Waals surface area contributed by atoms with Gasteiger partial charge in [0.15, 0.2) is 0 Å². The van der Waals surface area contributed by atoms with Crippen LogP contribution in [0.25, 0.3) is 5.57 Å². The fourth-order valence-electron chi connectivity index (χ4n) is 2.43. The average molecular weight is 384 g/mol. The van der Waals surface area contributed by atoms with Gasteiger partial charge in [0.2, 0.25) is 5.95 Å². The number of allylic oxidation sites excluding steroid dienone is 3. The normalized spacial score (nSPS) is 11.1. The van der Waals surface area contributed by atoms with Gasteiger partial charge in [0.1, 0.15) is 5.76 Å². The second-order valence-electron chi connectivity index (χ2n) is 5.76. The molecule has 0 saturated carbocycles. The molecule has 27 heavy (non-hydrogen) atoms. The summed E-state index contributed by atoms with van der Waals surface area (Å²) >= 11 is 1.69. The highest BCUT2D eigenvalue weighted by molar-refractivity contribution is 7.98. The quantitative estimate of drug-likeness (QED) is 0.358. The molecule has 2 rings (SSSR count). The summed E-state index contributed by atoms with van der Waals surface area (Å²) in [6, 6.07) is 9.96. The predicted molar refractivity (Wildman–Crippen MR) is 114 cm³/mol. The molecule has 1 aromatic carbocycles. The first-order valence-electron chi connectivity index (χ1n) is 8.54. The van der Waals surface area contributed by atoms with Crippen LogP contribution in [0.5, 0.6) is 0 Å². The number of nitrogens with zero attached hydrogens (tertiary/aromatic N) is 2.